The van der Waals surface area contributed by atoms with E-state index in [0.717, 1.165) is 17.2 Å². The van der Waals surface area contributed by atoms with Gasteiger partial charge in [-0.2, -0.15) is 13.2 Å². The fourth-order valence-electron chi connectivity index (χ4n) is 2.42. The molecule has 126 valence electrons. The van der Waals surface area contributed by atoms with Crippen molar-refractivity contribution in [3.8, 4) is 0 Å². The zero-order valence-corrected chi connectivity index (χ0v) is 14.6. The van der Waals surface area contributed by atoms with Crippen LogP contribution in [-0.2, 0) is 6.18 Å². The molecule has 0 unspecified atom stereocenters. The van der Waals surface area contributed by atoms with E-state index in [1.54, 1.807) is 6.07 Å². The normalized spacial score (nSPS) is 11.2. The summed E-state index contributed by atoms with van der Waals surface area (Å²) < 4.78 is 39.4. The topological polar surface area (TPSA) is 12.4 Å². The van der Waals surface area contributed by atoms with Crippen LogP contribution < -0.4 is 0 Å². The minimum Gasteiger partial charge on any atom is -0.248 e. The lowest BCUT2D eigenvalue weighted by molar-refractivity contribution is -0.138. The summed E-state index contributed by atoms with van der Waals surface area (Å²) in [5.74, 6) is 0. The number of hydrogen-bond donors (Lipinski definition) is 0. The predicted molar refractivity (Wildman–Crippen MR) is 97.3 cm³/mol. The first kappa shape index (κ1) is 17.4. The van der Waals surface area contributed by atoms with Gasteiger partial charge in [-0.3, -0.25) is 0 Å². The van der Waals surface area contributed by atoms with Crippen LogP contribution in [0.1, 0.15) is 16.7 Å². The van der Waals surface area contributed by atoms with Gasteiger partial charge < -0.3 is 0 Å². The number of rotatable bonds is 3. The van der Waals surface area contributed by atoms with Crippen molar-refractivity contribution < 1.29 is 13.2 Å². The maximum absolute atomic E-state index is 13.1. The summed E-state index contributed by atoms with van der Waals surface area (Å²) in [6.45, 7) is 0. The Kier molecular flexibility index (Phi) is 5.04. The molecule has 0 atom stereocenters. The Morgan fingerprint density at radius 2 is 1.28 bits per heavy atom. The van der Waals surface area contributed by atoms with Crippen molar-refractivity contribution in [2.45, 2.75) is 6.18 Å². The molecule has 0 fully saturated rings. The van der Waals surface area contributed by atoms with Gasteiger partial charge >= 0.3 is 6.18 Å². The first-order valence-electron chi connectivity index (χ1n) is 7.51. The van der Waals surface area contributed by atoms with Crippen LogP contribution in [0.2, 0.25) is 0 Å². The van der Waals surface area contributed by atoms with Gasteiger partial charge in [0.1, 0.15) is 0 Å². The highest BCUT2D eigenvalue weighted by atomic mass is 79.9. The molecule has 0 aromatic heterocycles. The third-order valence-corrected chi connectivity index (χ3v) is 4.28. The quantitative estimate of drug-likeness (QED) is 0.434. The van der Waals surface area contributed by atoms with Gasteiger partial charge in [0.15, 0.2) is 0 Å². The molecule has 0 saturated carbocycles. The Bertz CT molecular complexity index is 846. The second-order valence-corrected chi connectivity index (χ2v) is 6.21. The van der Waals surface area contributed by atoms with Crippen molar-refractivity contribution in [1.82, 2.24) is 0 Å². The van der Waals surface area contributed by atoms with E-state index < -0.39 is 11.7 Å². The first-order valence-corrected chi connectivity index (χ1v) is 8.31. The third kappa shape index (κ3) is 4.17. The molecule has 0 spiro atoms. The molecule has 0 radical (unpaired) electrons. The minimum atomic E-state index is -4.44. The van der Waals surface area contributed by atoms with Crippen molar-refractivity contribution in [1.29, 1.82) is 0 Å². The summed E-state index contributed by atoms with van der Waals surface area (Å²) in [7, 11) is 0. The van der Waals surface area contributed by atoms with Crippen LogP contribution >= 0.6 is 15.9 Å². The number of aliphatic imine (C=N–C) groups is 1. The van der Waals surface area contributed by atoms with Gasteiger partial charge in [0.25, 0.3) is 0 Å². The summed E-state index contributed by atoms with van der Waals surface area (Å²) in [6, 6.07) is 22.8. The van der Waals surface area contributed by atoms with E-state index in [0.29, 0.717) is 5.71 Å². The molecule has 0 amide bonds. The summed E-state index contributed by atoms with van der Waals surface area (Å²) >= 11 is 2.95. The van der Waals surface area contributed by atoms with Crippen molar-refractivity contribution in [3.63, 3.8) is 0 Å². The second kappa shape index (κ2) is 7.23. The monoisotopic (exact) mass is 403 g/mol. The molecule has 3 aromatic carbocycles. The van der Waals surface area contributed by atoms with E-state index in [9.17, 15) is 13.2 Å². The maximum Gasteiger partial charge on any atom is 0.417 e. The summed E-state index contributed by atoms with van der Waals surface area (Å²) in [6.07, 6.45) is -4.44. The predicted octanol–water partition coefficient (Wildman–Crippen LogP) is 6.64. The average Bonchev–Trinajstić information content (AvgIpc) is 2.61. The van der Waals surface area contributed by atoms with Crippen LogP contribution in [0.25, 0.3) is 0 Å². The molecule has 3 rings (SSSR count). The molecule has 0 aliphatic rings. The summed E-state index contributed by atoms with van der Waals surface area (Å²) in [5.41, 5.74) is 1.81. The largest absolute Gasteiger partial charge is 0.417 e. The van der Waals surface area contributed by atoms with Gasteiger partial charge in [-0.25, -0.2) is 4.99 Å². The molecule has 3 aromatic rings. The Hall–Kier alpha value is -2.40. The average molecular weight is 404 g/mol. The Balaban J connectivity index is 2.15. The van der Waals surface area contributed by atoms with Crippen molar-refractivity contribution in [3.05, 3.63) is 100 Å². The SMILES string of the molecule is FC(F)(F)c1cc(N=C(c2ccccc2)c2ccccc2)ccc1Br. The fourth-order valence-corrected chi connectivity index (χ4v) is 2.89. The van der Waals surface area contributed by atoms with E-state index in [1.807, 2.05) is 60.7 Å². The van der Waals surface area contributed by atoms with Gasteiger partial charge in [0.05, 0.1) is 17.0 Å². The lowest BCUT2D eigenvalue weighted by Crippen LogP contribution is -2.06. The Morgan fingerprint density at radius 3 is 1.76 bits per heavy atom. The highest BCUT2D eigenvalue weighted by Gasteiger charge is 2.33. The van der Waals surface area contributed by atoms with Gasteiger partial charge in [0, 0.05) is 15.6 Å². The van der Waals surface area contributed by atoms with Crippen LogP contribution in [0.3, 0.4) is 0 Å². The second-order valence-electron chi connectivity index (χ2n) is 5.35. The molecule has 0 heterocycles. The van der Waals surface area contributed by atoms with Crippen LogP contribution in [0.15, 0.2) is 88.3 Å². The fraction of sp³-hybridized carbons (Fsp3) is 0.0500. The molecule has 25 heavy (non-hydrogen) atoms. The van der Waals surface area contributed by atoms with Crippen molar-refractivity contribution >= 4 is 27.3 Å². The maximum atomic E-state index is 13.1. The number of nitrogens with zero attached hydrogens (tertiary/aromatic N) is 1. The molecule has 0 saturated heterocycles. The molecule has 1 nitrogen and oxygen atoms in total. The highest BCUT2D eigenvalue weighted by Crippen LogP contribution is 2.37. The van der Waals surface area contributed by atoms with Gasteiger partial charge in [-0.15, -0.1) is 0 Å². The summed E-state index contributed by atoms with van der Waals surface area (Å²) in [5, 5.41) is 0. The number of halogens is 4. The molecule has 0 aliphatic heterocycles. The van der Waals surface area contributed by atoms with Crippen molar-refractivity contribution in [2.24, 2.45) is 4.99 Å². The Morgan fingerprint density at radius 1 is 0.760 bits per heavy atom. The number of alkyl halides is 3. The molecular weight excluding hydrogens is 391 g/mol. The Labute approximate surface area is 152 Å². The molecule has 0 aliphatic carbocycles. The van der Waals surface area contributed by atoms with Crippen LogP contribution in [0.4, 0.5) is 18.9 Å². The van der Waals surface area contributed by atoms with Crippen LogP contribution in [-0.4, -0.2) is 5.71 Å². The van der Waals surface area contributed by atoms with E-state index in [-0.39, 0.29) is 10.2 Å². The van der Waals surface area contributed by atoms with Gasteiger partial charge in [0.2, 0.25) is 0 Å². The standard InChI is InChI=1S/C20H13BrF3N/c21-18-12-11-16(13-17(18)20(22,23)24)25-19(14-7-3-1-4-8-14)15-9-5-2-6-10-15/h1-13H. The molecule has 5 heteroatoms. The smallest absolute Gasteiger partial charge is 0.248 e. The molecular formula is C20H13BrF3N. The van der Waals surface area contributed by atoms with Crippen molar-refractivity contribution in [2.75, 3.05) is 0 Å². The van der Waals surface area contributed by atoms with E-state index in [1.165, 1.54) is 6.07 Å². The van der Waals surface area contributed by atoms with Crippen LogP contribution in [0.5, 0.6) is 0 Å². The number of hydrogen-bond acceptors (Lipinski definition) is 1. The van der Waals surface area contributed by atoms with E-state index >= 15 is 0 Å². The van der Waals surface area contributed by atoms with Gasteiger partial charge in [-0.1, -0.05) is 76.6 Å². The lowest BCUT2D eigenvalue weighted by Gasteiger charge is -2.11. The van der Waals surface area contributed by atoms with Gasteiger partial charge in [-0.05, 0) is 18.2 Å². The first-order chi connectivity index (χ1) is 11.9. The molecule has 0 N–H and O–H groups in total. The van der Waals surface area contributed by atoms with E-state index in [4.69, 9.17) is 0 Å². The summed E-state index contributed by atoms with van der Waals surface area (Å²) in [4.78, 5) is 4.51. The minimum absolute atomic E-state index is 0.0000720. The lowest BCUT2D eigenvalue weighted by atomic mass is 10.0. The number of benzene rings is 3. The third-order valence-electron chi connectivity index (χ3n) is 3.59. The zero-order valence-electron chi connectivity index (χ0n) is 13.0. The van der Waals surface area contributed by atoms with Crippen LogP contribution in [0, 0.1) is 0 Å². The van der Waals surface area contributed by atoms with E-state index in [2.05, 4.69) is 20.9 Å². The zero-order chi connectivity index (χ0) is 17.9. The highest BCUT2D eigenvalue weighted by molar-refractivity contribution is 9.10. The molecule has 0 bridgehead atoms.